The van der Waals surface area contributed by atoms with Gasteiger partial charge in [0.2, 0.25) is 0 Å². The summed E-state index contributed by atoms with van der Waals surface area (Å²) in [7, 11) is 0. The molecule has 4 heteroatoms. The molecular weight excluding hydrogens is 216 g/mol. The summed E-state index contributed by atoms with van der Waals surface area (Å²) in [4.78, 5) is 13.9. The van der Waals surface area contributed by atoms with Gasteiger partial charge in [-0.25, -0.2) is 0 Å². The molecule has 1 amide bonds. The Morgan fingerprint density at radius 1 is 1.41 bits per heavy atom. The molecule has 17 heavy (non-hydrogen) atoms. The topological polar surface area (TPSA) is 59.5 Å². The van der Waals surface area contributed by atoms with Crippen LogP contribution in [0.15, 0.2) is 34.9 Å². The Bertz CT molecular complexity index is 578. The lowest BCUT2D eigenvalue weighted by atomic mass is 9.93. The first kappa shape index (κ1) is 10.4. The number of hydrogen-bond acceptors (Lipinski definition) is 3. The number of hydrogen-bond donors (Lipinski definition) is 1. The molecule has 0 atom stereocenters. The van der Waals surface area contributed by atoms with Crippen molar-refractivity contribution >= 4 is 16.9 Å². The second-order valence-corrected chi connectivity index (χ2v) is 4.96. The highest BCUT2D eigenvalue weighted by Gasteiger charge is 2.38. The minimum Gasteiger partial charge on any atom is -0.463 e. The number of nitrogens with zero attached hydrogens (tertiary/aromatic N) is 1. The average molecular weight is 230 g/mol. The van der Waals surface area contributed by atoms with Gasteiger partial charge in [0.25, 0.3) is 5.91 Å². The molecule has 2 aromatic rings. The summed E-state index contributed by atoms with van der Waals surface area (Å²) in [5.41, 5.74) is 7.02. The van der Waals surface area contributed by atoms with E-state index >= 15 is 0 Å². The Labute approximate surface area is 99.0 Å². The number of benzene rings is 1. The van der Waals surface area contributed by atoms with Crippen LogP contribution >= 0.6 is 0 Å². The van der Waals surface area contributed by atoms with Crippen molar-refractivity contribution in [3.63, 3.8) is 0 Å². The van der Waals surface area contributed by atoms with Crippen molar-refractivity contribution in [1.29, 1.82) is 0 Å². The maximum absolute atomic E-state index is 12.2. The van der Waals surface area contributed by atoms with Gasteiger partial charge in [0.05, 0.1) is 5.56 Å². The van der Waals surface area contributed by atoms with Gasteiger partial charge < -0.3 is 15.1 Å². The highest BCUT2D eigenvalue weighted by atomic mass is 16.3. The molecule has 88 valence electrons. The minimum atomic E-state index is -0.241. The van der Waals surface area contributed by atoms with E-state index in [4.69, 9.17) is 10.2 Å². The molecule has 1 aliphatic rings. The van der Waals surface area contributed by atoms with Crippen molar-refractivity contribution in [1.82, 2.24) is 4.90 Å². The molecule has 1 aromatic heterocycles. The minimum absolute atomic E-state index is 0.00197. The van der Waals surface area contributed by atoms with E-state index < -0.39 is 0 Å². The predicted octanol–water partition coefficient (Wildman–Crippen LogP) is 1.61. The third-order valence-corrected chi connectivity index (χ3v) is 3.10. The van der Waals surface area contributed by atoms with E-state index in [0.29, 0.717) is 18.7 Å². The number of nitrogens with two attached hydrogens (primary N) is 1. The van der Waals surface area contributed by atoms with Gasteiger partial charge in [-0.05, 0) is 13.0 Å². The molecule has 1 saturated heterocycles. The van der Waals surface area contributed by atoms with Crippen molar-refractivity contribution in [2.45, 2.75) is 12.5 Å². The zero-order chi connectivity index (χ0) is 12.0. The molecule has 1 aromatic carbocycles. The molecule has 2 N–H and O–H groups in total. The average Bonchev–Trinajstić information content (AvgIpc) is 2.68. The van der Waals surface area contributed by atoms with E-state index in [9.17, 15) is 4.79 Å². The summed E-state index contributed by atoms with van der Waals surface area (Å²) < 4.78 is 5.36. The fourth-order valence-electron chi connectivity index (χ4n) is 2.28. The van der Waals surface area contributed by atoms with Crippen LogP contribution in [0.5, 0.6) is 0 Å². The van der Waals surface area contributed by atoms with E-state index in [-0.39, 0.29) is 11.4 Å². The zero-order valence-corrected chi connectivity index (χ0v) is 9.64. The lowest BCUT2D eigenvalue weighted by molar-refractivity contribution is 0.0455. The molecule has 4 nitrogen and oxygen atoms in total. The molecule has 0 radical (unpaired) electrons. The van der Waals surface area contributed by atoms with Crippen LogP contribution in [0.4, 0.5) is 0 Å². The molecule has 0 spiro atoms. The summed E-state index contributed by atoms with van der Waals surface area (Å²) in [6.45, 7) is 3.15. The highest BCUT2D eigenvalue weighted by molar-refractivity contribution is 6.06. The van der Waals surface area contributed by atoms with Crippen molar-refractivity contribution in [2.24, 2.45) is 5.73 Å². The normalized spacial score (nSPS) is 18.1. The summed E-state index contributed by atoms with van der Waals surface area (Å²) in [5, 5.41) is 0.864. The monoisotopic (exact) mass is 230 g/mol. The van der Waals surface area contributed by atoms with Crippen LogP contribution in [0.2, 0.25) is 0 Å². The number of likely N-dealkylation sites (tertiary alicyclic amines) is 1. The van der Waals surface area contributed by atoms with Gasteiger partial charge in [-0.2, -0.15) is 0 Å². The Morgan fingerprint density at radius 2 is 2.12 bits per heavy atom. The first-order chi connectivity index (χ1) is 8.07. The van der Waals surface area contributed by atoms with Crippen LogP contribution in [0, 0.1) is 0 Å². The van der Waals surface area contributed by atoms with Crippen LogP contribution < -0.4 is 5.73 Å². The van der Waals surface area contributed by atoms with Gasteiger partial charge in [0, 0.05) is 24.0 Å². The SMILES string of the molecule is CC1(N)CN(C(=O)c2coc3ccccc23)C1. The first-order valence-corrected chi connectivity index (χ1v) is 5.61. The summed E-state index contributed by atoms with van der Waals surface area (Å²) in [5.74, 6) is -0.00197. The molecular formula is C13H14N2O2. The lowest BCUT2D eigenvalue weighted by Gasteiger charge is -2.45. The fraction of sp³-hybridized carbons (Fsp3) is 0.308. The number of carbonyl (C=O) groups is 1. The van der Waals surface area contributed by atoms with E-state index in [2.05, 4.69) is 0 Å². The maximum Gasteiger partial charge on any atom is 0.257 e. The third-order valence-electron chi connectivity index (χ3n) is 3.10. The quantitative estimate of drug-likeness (QED) is 0.809. The van der Waals surface area contributed by atoms with Crippen molar-refractivity contribution in [2.75, 3.05) is 13.1 Å². The standard InChI is InChI=1S/C13H14N2O2/c1-13(14)7-15(8-13)12(16)10-6-17-11-5-3-2-4-9(10)11/h2-6H,7-8,14H2,1H3. The van der Waals surface area contributed by atoms with Crippen molar-refractivity contribution in [3.05, 3.63) is 36.1 Å². The number of furan rings is 1. The second-order valence-electron chi connectivity index (χ2n) is 4.96. The maximum atomic E-state index is 12.2. The van der Waals surface area contributed by atoms with E-state index in [1.807, 2.05) is 31.2 Å². The number of amides is 1. The zero-order valence-electron chi connectivity index (χ0n) is 9.64. The second kappa shape index (κ2) is 3.34. The molecule has 0 unspecified atom stereocenters. The van der Waals surface area contributed by atoms with Crippen molar-refractivity contribution < 1.29 is 9.21 Å². The Balaban J connectivity index is 1.92. The predicted molar refractivity (Wildman–Crippen MR) is 64.7 cm³/mol. The van der Waals surface area contributed by atoms with Gasteiger partial charge >= 0.3 is 0 Å². The smallest absolute Gasteiger partial charge is 0.257 e. The van der Waals surface area contributed by atoms with Crippen LogP contribution in [-0.4, -0.2) is 29.4 Å². The summed E-state index contributed by atoms with van der Waals surface area (Å²) in [6, 6.07) is 7.54. The number of carbonyl (C=O) groups excluding carboxylic acids is 1. The molecule has 3 rings (SSSR count). The third kappa shape index (κ3) is 1.61. The van der Waals surface area contributed by atoms with E-state index in [1.54, 1.807) is 4.90 Å². The highest BCUT2D eigenvalue weighted by Crippen LogP contribution is 2.25. The van der Waals surface area contributed by atoms with E-state index in [0.717, 1.165) is 11.0 Å². The first-order valence-electron chi connectivity index (χ1n) is 5.61. The molecule has 2 heterocycles. The Kier molecular flexibility index (Phi) is 2.03. The van der Waals surface area contributed by atoms with Gasteiger partial charge in [-0.3, -0.25) is 4.79 Å². The van der Waals surface area contributed by atoms with Gasteiger partial charge in [0.1, 0.15) is 11.8 Å². The molecule has 0 saturated carbocycles. The number of para-hydroxylation sites is 1. The van der Waals surface area contributed by atoms with Crippen LogP contribution in [0.1, 0.15) is 17.3 Å². The molecule has 0 bridgehead atoms. The summed E-state index contributed by atoms with van der Waals surface area (Å²) in [6.07, 6.45) is 1.53. The Hall–Kier alpha value is -1.81. The fourth-order valence-corrected chi connectivity index (χ4v) is 2.28. The summed E-state index contributed by atoms with van der Waals surface area (Å²) >= 11 is 0. The van der Waals surface area contributed by atoms with Crippen LogP contribution in [0.25, 0.3) is 11.0 Å². The van der Waals surface area contributed by atoms with E-state index in [1.165, 1.54) is 6.26 Å². The molecule has 1 fully saturated rings. The lowest BCUT2D eigenvalue weighted by Crippen LogP contribution is -2.66. The van der Waals surface area contributed by atoms with Gasteiger partial charge in [-0.15, -0.1) is 0 Å². The number of fused-ring (bicyclic) bond motifs is 1. The molecule has 1 aliphatic heterocycles. The van der Waals surface area contributed by atoms with Crippen molar-refractivity contribution in [3.8, 4) is 0 Å². The Morgan fingerprint density at radius 3 is 2.82 bits per heavy atom. The van der Waals surface area contributed by atoms with Gasteiger partial charge in [-0.1, -0.05) is 18.2 Å². The van der Waals surface area contributed by atoms with Gasteiger partial charge in [0.15, 0.2) is 0 Å². The van der Waals surface area contributed by atoms with Crippen LogP contribution in [-0.2, 0) is 0 Å². The molecule has 0 aliphatic carbocycles. The number of rotatable bonds is 1. The largest absolute Gasteiger partial charge is 0.463 e. The van der Waals surface area contributed by atoms with Crippen LogP contribution in [0.3, 0.4) is 0 Å².